The Balaban J connectivity index is 1.33. The maximum absolute atomic E-state index is 9.34. The quantitative estimate of drug-likeness (QED) is 0.653. The molecule has 9 heteroatoms. The molecule has 2 saturated heterocycles. The Labute approximate surface area is 183 Å². The van der Waals surface area contributed by atoms with E-state index >= 15 is 0 Å². The number of halogens is 1. The van der Waals surface area contributed by atoms with Crippen molar-refractivity contribution >= 4 is 40.3 Å². The number of ether oxygens (including phenoxy) is 1. The summed E-state index contributed by atoms with van der Waals surface area (Å²) in [6.45, 7) is 3.57. The van der Waals surface area contributed by atoms with Crippen molar-refractivity contribution in [1.82, 2.24) is 19.9 Å². The molecule has 1 spiro atoms. The van der Waals surface area contributed by atoms with Gasteiger partial charge in [0.1, 0.15) is 16.4 Å². The van der Waals surface area contributed by atoms with E-state index in [0.29, 0.717) is 21.8 Å². The van der Waals surface area contributed by atoms with Crippen LogP contribution in [0.2, 0.25) is 5.02 Å². The normalized spacial score (nSPS) is 18.4. The molecule has 5 heterocycles. The lowest BCUT2D eigenvalue weighted by molar-refractivity contribution is 0.133. The molecular weight excluding hydrogens is 422 g/mol. The summed E-state index contributed by atoms with van der Waals surface area (Å²) >= 11 is 7.73. The minimum atomic E-state index is -0.197. The summed E-state index contributed by atoms with van der Waals surface area (Å²) in [5.74, 6) is 0.906. The molecule has 156 valence electrons. The van der Waals surface area contributed by atoms with Crippen molar-refractivity contribution in [3.63, 3.8) is 0 Å². The van der Waals surface area contributed by atoms with Gasteiger partial charge >= 0.3 is 0 Å². The highest BCUT2D eigenvalue weighted by atomic mass is 35.5. The van der Waals surface area contributed by atoms with Crippen LogP contribution in [-0.4, -0.2) is 51.3 Å². The maximum atomic E-state index is 9.34. The summed E-state index contributed by atoms with van der Waals surface area (Å²) in [4.78, 5) is 21.2. The predicted molar refractivity (Wildman–Crippen MR) is 116 cm³/mol. The number of fused-ring (bicyclic) bond motifs is 1. The number of aromatic nitrogens is 4. The molecule has 0 aromatic carbocycles. The van der Waals surface area contributed by atoms with Gasteiger partial charge in [-0.15, -0.1) is 0 Å². The Bertz CT molecular complexity index is 1070. The summed E-state index contributed by atoms with van der Waals surface area (Å²) in [6, 6.07) is 5.67. The van der Waals surface area contributed by atoms with Crippen molar-refractivity contribution in [2.24, 2.45) is 5.41 Å². The number of hydrogen-bond donors (Lipinski definition) is 1. The van der Waals surface area contributed by atoms with Gasteiger partial charge in [-0.3, -0.25) is 4.98 Å². The van der Waals surface area contributed by atoms with E-state index in [-0.39, 0.29) is 6.61 Å². The Morgan fingerprint density at radius 1 is 1.13 bits per heavy atom. The Hall–Kier alpha value is -2.00. The standard InChI is InChI=1S/C21H22ClN5O2S/c22-19-15(12-28)23-7-3-16(19)30-18-2-1-14-20(26-18)24-11-17(25-14)27-8-4-21(5-9-27)6-10-29-13-21/h1-3,7,11,28H,4-6,8-10,12-13H2. The lowest BCUT2D eigenvalue weighted by Crippen LogP contribution is -2.40. The van der Waals surface area contributed by atoms with Crippen molar-refractivity contribution < 1.29 is 9.84 Å². The fourth-order valence-corrected chi connectivity index (χ4v) is 5.23. The molecule has 2 aliphatic heterocycles. The third-order valence-corrected chi connectivity index (χ3v) is 7.52. The molecule has 0 atom stereocenters. The molecule has 1 N–H and O–H groups in total. The van der Waals surface area contributed by atoms with Crippen molar-refractivity contribution in [2.75, 3.05) is 31.2 Å². The van der Waals surface area contributed by atoms with Crippen LogP contribution in [0.1, 0.15) is 25.0 Å². The lowest BCUT2D eigenvalue weighted by atomic mass is 9.78. The smallest absolute Gasteiger partial charge is 0.179 e. The Kier molecular flexibility index (Phi) is 5.49. The fourth-order valence-electron chi connectivity index (χ4n) is 4.11. The molecule has 0 radical (unpaired) electrons. The van der Waals surface area contributed by atoms with Crippen LogP contribution in [0.4, 0.5) is 5.82 Å². The molecule has 0 unspecified atom stereocenters. The summed E-state index contributed by atoms with van der Waals surface area (Å²) in [5.41, 5.74) is 2.21. The van der Waals surface area contributed by atoms with Gasteiger partial charge in [0.05, 0.1) is 30.1 Å². The first-order chi connectivity index (χ1) is 14.7. The summed E-state index contributed by atoms with van der Waals surface area (Å²) in [7, 11) is 0. The molecule has 0 amide bonds. The van der Waals surface area contributed by atoms with Crippen LogP contribution < -0.4 is 4.90 Å². The van der Waals surface area contributed by atoms with Crippen molar-refractivity contribution in [2.45, 2.75) is 35.8 Å². The molecule has 3 aromatic rings. The van der Waals surface area contributed by atoms with Gasteiger partial charge in [0.15, 0.2) is 5.65 Å². The first-order valence-electron chi connectivity index (χ1n) is 10.0. The molecular formula is C21H22ClN5O2S. The highest BCUT2D eigenvalue weighted by molar-refractivity contribution is 7.99. The van der Waals surface area contributed by atoms with Gasteiger partial charge in [-0.1, -0.05) is 23.4 Å². The number of rotatable bonds is 4. The minimum absolute atomic E-state index is 0.197. The summed E-state index contributed by atoms with van der Waals surface area (Å²) in [6.07, 6.45) is 6.91. The molecule has 7 nitrogen and oxygen atoms in total. The van der Waals surface area contributed by atoms with Crippen molar-refractivity contribution in [3.05, 3.63) is 41.3 Å². The van der Waals surface area contributed by atoms with Crippen LogP contribution in [0.25, 0.3) is 11.2 Å². The fraction of sp³-hybridized carbons (Fsp3) is 0.429. The number of aliphatic hydroxyl groups is 1. The number of pyridine rings is 2. The van der Waals surface area contributed by atoms with E-state index in [1.165, 1.54) is 18.2 Å². The second-order valence-corrected chi connectivity index (χ2v) is 9.28. The second kappa shape index (κ2) is 8.26. The molecule has 0 aliphatic carbocycles. The van der Waals surface area contributed by atoms with E-state index in [1.807, 2.05) is 24.4 Å². The minimum Gasteiger partial charge on any atom is -0.390 e. The Morgan fingerprint density at radius 2 is 2.00 bits per heavy atom. The van der Waals surface area contributed by atoms with E-state index < -0.39 is 0 Å². The average Bonchev–Trinajstić information content (AvgIpc) is 3.23. The Morgan fingerprint density at radius 3 is 2.77 bits per heavy atom. The number of aliphatic hydroxyl groups excluding tert-OH is 1. The van der Waals surface area contributed by atoms with E-state index in [9.17, 15) is 5.11 Å². The van der Waals surface area contributed by atoms with Gasteiger partial charge in [-0.05, 0) is 42.9 Å². The molecule has 3 aromatic heterocycles. The van der Waals surface area contributed by atoms with E-state index in [2.05, 4.69) is 19.9 Å². The monoisotopic (exact) mass is 443 g/mol. The van der Waals surface area contributed by atoms with Crippen LogP contribution in [0.3, 0.4) is 0 Å². The number of anilines is 1. The zero-order valence-electron chi connectivity index (χ0n) is 16.4. The number of hydrogen-bond acceptors (Lipinski definition) is 8. The summed E-state index contributed by atoms with van der Waals surface area (Å²) < 4.78 is 5.63. The van der Waals surface area contributed by atoms with Gasteiger partial charge in [-0.2, -0.15) is 0 Å². The van der Waals surface area contributed by atoms with E-state index in [4.69, 9.17) is 21.3 Å². The van der Waals surface area contributed by atoms with Crippen LogP contribution in [0.15, 0.2) is 40.5 Å². The van der Waals surface area contributed by atoms with E-state index in [0.717, 1.165) is 60.4 Å². The lowest BCUT2D eigenvalue weighted by Gasteiger charge is -2.38. The second-order valence-electron chi connectivity index (χ2n) is 7.84. The van der Waals surface area contributed by atoms with Crippen LogP contribution in [0, 0.1) is 5.41 Å². The topological polar surface area (TPSA) is 84.3 Å². The van der Waals surface area contributed by atoms with Crippen LogP contribution >= 0.6 is 23.4 Å². The van der Waals surface area contributed by atoms with Gasteiger partial charge in [0.2, 0.25) is 0 Å². The van der Waals surface area contributed by atoms with Crippen LogP contribution in [0.5, 0.6) is 0 Å². The zero-order valence-corrected chi connectivity index (χ0v) is 18.0. The van der Waals surface area contributed by atoms with Gasteiger partial charge in [0, 0.05) is 30.8 Å². The third-order valence-electron chi connectivity index (χ3n) is 5.99. The van der Waals surface area contributed by atoms with Crippen LogP contribution in [-0.2, 0) is 11.3 Å². The molecule has 2 fully saturated rings. The van der Waals surface area contributed by atoms with Gasteiger partial charge < -0.3 is 14.7 Å². The number of piperidine rings is 1. The SMILES string of the molecule is OCc1nccc(Sc2ccc3nc(N4CCC5(CCOC5)CC4)cnc3n2)c1Cl. The first kappa shape index (κ1) is 19.9. The zero-order chi connectivity index (χ0) is 20.6. The molecule has 0 bridgehead atoms. The maximum Gasteiger partial charge on any atom is 0.179 e. The highest BCUT2D eigenvalue weighted by Gasteiger charge is 2.38. The average molecular weight is 444 g/mol. The molecule has 5 rings (SSSR count). The summed E-state index contributed by atoms with van der Waals surface area (Å²) in [5, 5.41) is 10.6. The van der Waals surface area contributed by atoms with Gasteiger partial charge in [-0.25, -0.2) is 15.0 Å². The largest absolute Gasteiger partial charge is 0.390 e. The number of nitrogens with zero attached hydrogens (tertiary/aromatic N) is 5. The van der Waals surface area contributed by atoms with Crippen molar-refractivity contribution in [1.29, 1.82) is 0 Å². The molecule has 2 aliphatic rings. The molecule has 0 saturated carbocycles. The third kappa shape index (κ3) is 3.85. The van der Waals surface area contributed by atoms with Crippen molar-refractivity contribution in [3.8, 4) is 0 Å². The predicted octanol–water partition coefficient (Wildman–Crippen LogP) is 3.72. The molecule has 30 heavy (non-hydrogen) atoms. The van der Waals surface area contributed by atoms with E-state index in [1.54, 1.807) is 6.20 Å². The first-order valence-corrected chi connectivity index (χ1v) is 11.2. The highest BCUT2D eigenvalue weighted by Crippen LogP contribution is 2.40. The van der Waals surface area contributed by atoms with Gasteiger partial charge in [0.25, 0.3) is 0 Å².